The molecular weight excluding hydrogens is 705 g/mol. The van der Waals surface area contributed by atoms with Gasteiger partial charge in [-0.05, 0) is 127 Å². The van der Waals surface area contributed by atoms with E-state index in [2.05, 4.69) is 145 Å². The maximum atomic E-state index is 12.4. The molecule has 0 bridgehead atoms. The third-order valence-corrected chi connectivity index (χ3v) is 9.97. The molecule has 0 aliphatic carbocycles. The van der Waals surface area contributed by atoms with E-state index in [0.29, 0.717) is 6.42 Å². The molecule has 6 heteroatoms. The SMILES string of the molecule is C.C.C.C.CCC(c1ccc(N(c2ccc(-c3ccc(N(c4ccccc4)c4cccc(C)c4)cc3)cc2)c2cccc(C)c2)cc1)C(C(=O)O)C(C)C(=O)OC. The molecular formula is C51H62N2O4. The minimum absolute atomic E-state index is 0. The van der Waals surface area contributed by atoms with Gasteiger partial charge in [-0.25, -0.2) is 0 Å². The molecule has 1 N–H and O–H groups in total. The molecule has 0 aliphatic rings. The highest BCUT2D eigenvalue weighted by Crippen LogP contribution is 2.40. The van der Waals surface area contributed by atoms with E-state index in [-0.39, 0.29) is 35.6 Å². The highest BCUT2D eigenvalue weighted by atomic mass is 16.5. The fraction of sp³-hybridized carbons (Fsp3) is 0.255. The Morgan fingerprint density at radius 2 is 0.947 bits per heavy atom. The molecule has 0 amide bonds. The number of hydrogen-bond donors (Lipinski definition) is 1. The number of carboxylic acid groups (broad SMARTS) is 1. The molecule has 0 radical (unpaired) electrons. The monoisotopic (exact) mass is 766 g/mol. The maximum absolute atomic E-state index is 12.4. The molecule has 6 aromatic rings. The molecule has 0 saturated carbocycles. The first kappa shape index (κ1) is 47.0. The van der Waals surface area contributed by atoms with Crippen molar-refractivity contribution in [3.63, 3.8) is 0 Å². The van der Waals surface area contributed by atoms with Gasteiger partial charge in [0.1, 0.15) is 0 Å². The molecule has 0 spiro atoms. The summed E-state index contributed by atoms with van der Waals surface area (Å²) in [6, 6.07) is 52.6. The first-order valence-corrected chi connectivity index (χ1v) is 18.1. The Bertz CT molecular complexity index is 2150. The third-order valence-electron chi connectivity index (χ3n) is 9.97. The topological polar surface area (TPSA) is 70.1 Å². The Balaban J connectivity index is 0.00000280. The minimum atomic E-state index is -1.00. The van der Waals surface area contributed by atoms with Crippen molar-refractivity contribution in [2.75, 3.05) is 16.9 Å². The van der Waals surface area contributed by atoms with Gasteiger partial charge in [-0.1, -0.05) is 122 Å². The number of hydrogen-bond acceptors (Lipinski definition) is 5. The van der Waals surface area contributed by atoms with Gasteiger partial charge in [-0.3, -0.25) is 9.59 Å². The fourth-order valence-electron chi connectivity index (χ4n) is 7.25. The zero-order chi connectivity index (χ0) is 37.5. The molecule has 0 saturated heterocycles. The minimum Gasteiger partial charge on any atom is -0.481 e. The molecule has 3 atom stereocenters. The first-order chi connectivity index (χ1) is 25.7. The molecule has 3 unspecified atom stereocenters. The van der Waals surface area contributed by atoms with Crippen LogP contribution in [-0.2, 0) is 14.3 Å². The molecule has 6 rings (SSSR count). The van der Waals surface area contributed by atoms with Gasteiger partial charge in [0.15, 0.2) is 0 Å². The van der Waals surface area contributed by atoms with Gasteiger partial charge in [-0.15, -0.1) is 0 Å². The van der Waals surface area contributed by atoms with E-state index in [9.17, 15) is 14.7 Å². The number of nitrogens with zero attached hydrogens (tertiary/aromatic N) is 2. The van der Waals surface area contributed by atoms with Gasteiger partial charge in [0.05, 0.1) is 18.9 Å². The Morgan fingerprint density at radius 3 is 1.32 bits per heavy atom. The van der Waals surface area contributed by atoms with E-state index in [1.54, 1.807) is 6.92 Å². The van der Waals surface area contributed by atoms with Crippen molar-refractivity contribution >= 4 is 46.1 Å². The lowest BCUT2D eigenvalue weighted by molar-refractivity contribution is -0.156. The summed E-state index contributed by atoms with van der Waals surface area (Å²) in [6.45, 7) is 7.78. The quantitative estimate of drug-likeness (QED) is 0.118. The molecule has 0 heterocycles. The van der Waals surface area contributed by atoms with Crippen molar-refractivity contribution in [3.05, 3.63) is 168 Å². The number of aryl methyl sites for hydroxylation is 2. The Hall–Kier alpha value is -6.14. The van der Waals surface area contributed by atoms with Crippen LogP contribution in [0.25, 0.3) is 11.1 Å². The summed E-state index contributed by atoms with van der Waals surface area (Å²) in [4.78, 5) is 29.3. The number of esters is 1. The lowest BCUT2D eigenvalue weighted by Gasteiger charge is -2.29. The smallest absolute Gasteiger partial charge is 0.309 e. The normalized spacial score (nSPS) is 11.8. The fourth-order valence-corrected chi connectivity index (χ4v) is 7.25. The van der Waals surface area contributed by atoms with E-state index in [1.165, 1.54) is 12.7 Å². The number of carboxylic acids is 1. The van der Waals surface area contributed by atoms with Gasteiger partial charge in [0.25, 0.3) is 0 Å². The molecule has 300 valence electrons. The van der Waals surface area contributed by atoms with Crippen LogP contribution in [-0.4, -0.2) is 24.2 Å². The average Bonchev–Trinajstić information content (AvgIpc) is 3.18. The summed E-state index contributed by atoms with van der Waals surface area (Å²) in [6.07, 6.45) is 0.567. The number of carbonyl (C=O) groups is 2. The highest BCUT2D eigenvalue weighted by molar-refractivity contribution is 5.83. The molecule has 0 aliphatic heterocycles. The number of aliphatic carboxylic acids is 1. The zero-order valence-electron chi connectivity index (χ0n) is 30.9. The second-order valence-electron chi connectivity index (χ2n) is 13.6. The number of benzene rings is 6. The summed E-state index contributed by atoms with van der Waals surface area (Å²) in [5, 5.41) is 10.1. The predicted octanol–water partition coefficient (Wildman–Crippen LogP) is 14.5. The van der Waals surface area contributed by atoms with Crippen LogP contribution in [0.1, 0.15) is 72.6 Å². The van der Waals surface area contributed by atoms with Gasteiger partial charge in [-0.2, -0.15) is 0 Å². The summed E-state index contributed by atoms with van der Waals surface area (Å²) >= 11 is 0. The van der Waals surface area contributed by atoms with Crippen molar-refractivity contribution in [2.24, 2.45) is 11.8 Å². The van der Waals surface area contributed by atoms with Crippen molar-refractivity contribution in [3.8, 4) is 11.1 Å². The Kier molecular flexibility index (Phi) is 17.5. The van der Waals surface area contributed by atoms with Crippen LogP contribution < -0.4 is 9.80 Å². The summed E-state index contributed by atoms with van der Waals surface area (Å²) in [5.41, 5.74) is 11.7. The van der Waals surface area contributed by atoms with Gasteiger partial charge in [0, 0.05) is 34.1 Å². The standard InChI is InChI=1S/C47H46N2O4.4CH4/c1-6-44(45(46(50)51)34(4)47(52)53-5)37-22-28-41(29-23-37)49(43-17-11-13-33(3)31-43)40-26-20-36(21-27-40)35-18-24-39(25-19-35)48(38-14-8-7-9-15-38)42-16-10-12-32(2)30-42;;;;/h7-31,34,44-45H,6H2,1-5H3,(H,50,51);4*1H4. The highest BCUT2D eigenvalue weighted by Gasteiger charge is 2.37. The van der Waals surface area contributed by atoms with Crippen LogP contribution in [0.15, 0.2) is 152 Å². The molecule has 6 nitrogen and oxygen atoms in total. The number of para-hydroxylation sites is 1. The molecule has 0 fully saturated rings. The number of ether oxygens (including phenoxy) is 1. The van der Waals surface area contributed by atoms with E-state index in [4.69, 9.17) is 4.74 Å². The largest absolute Gasteiger partial charge is 0.481 e. The lowest BCUT2D eigenvalue weighted by Crippen LogP contribution is -2.33. The second-order valence-corrected chi connectivity index (χ2v) is 13.6. The Labute approximate surface area is 342 Å². The summed E-state index contributed by atoms with van der Waals surface area (Å²) in [5.74, 6) is -3.57. The van der Waals surface area contributed by atoms with E-state index < -0.39 is 23.8 Å². The maximum Gasteiger partial charge on any atom is 0.309 e. The lowest BCUT2D eigenvalue weighted by atomic mass is 9.77. The predicted molar refractivity (Wildman–Crippen MR) is 243 cm³/mol. The summed E-state index contributed by atoms with van der Waals surface area (Å²) in [7, 11) is 1.29. The van der Waals surface area contributed by atoms with Crippen molar-refractivity contribution in [1.82, 2.24) is 0 Å². The van der Waals surface area contributed by atoms with E-state index in [1.807, 2.05) is 37.3 Å². The second kappa shape index (κ2) is 21.2. The summed E-state index contributed by atoms with van der Waals surface area (Å²) < 4.78 is 4.91. The molecule has 0 aromatic heterocycles. The van der Waals surface area contributed by atoms with E-state index >= 15 is 0 Å². The van der Waals surface area contributed by atoms with Crippen LogP contribution in [0.4, 0.5) is 34.1 Å². The molecule has 57 heavy (non-hydrogen) atoms. The van der Waals surface area contributed by atoms with Crippen LogP contribution in [0.5, 0.6) is 0 Å². The van der Waals surface area contributed by atoms with E-state index in [0.717, 1.165) is 56.4 Å². The van der Waals surface area contributed by atoms with Crippen LogP contribution in [0.3, 0.4) is 0 Å². The van der Waals surface area contributed by atoms with Gasteiger partial charge >= 0.3 is 11.9 Å². The Morgan fingerprint density at radius 1 is 0.561 bits per heavy atom. The van der Waals surface area contributed by atoms with Crippen molar-refractivity contribution < 1.29 is 19.4 Å². The number of methoxy groups -OCH3 is 1. The van der Waals surface area contributed by atoms with Gasteiger partial charge in [0.2, 0.25) is 0 Å². The number of carbonyl (C=O) groups excluding carboxylic acids is 1. The van der Waals surface area contributed by atoms with Crippen LogP contribution in [0, 0.1) is 25.7 Å². The zero-order valence-corrected chi connectivity index (χ0v) is 30.9. The van der Waals surface area contributed by atoms with Crippen LogP contribution in [0.2, 0.25) is 0 Å². The first-order valence-electron chi connectivity index (χ1n) is 18.1. The third kappa shape index (κ3) is 10.6. The average molecular weight is 767 g/mol. The molecule has 6 aromatic carbocycles. The number of anilines is 6. The van der Waals surface area contributed by atoms with Crippen molar-refractivity contribution in [1.29, 1.82) is 0 Å². The van der Waals surface area contributed by atoms with Crippen LogP contribution >= 0.6 is 0 Å². The van der Waals surface area contributed by atoms with Gasteiger partial charge < -0.3 is 19.6 Å². The number of rotatable bonds is 13. The van der Waals surface area contributed by atoms with Crippen molar-refractivity contribution in [2.45, 2.75) is 69.7 Å².